The minimum atomic E-state index is -0.464. The molecule has 0 saturated carbocycles. The van der Waals surface area contributed by atoms with Crippen molar-refractivity contribution in [3.63, 3.8) is 0 Å². The van der Waals surface area contributed by atoms with E-state index >= 15 is 0 Å². The first-order chi connectivity index (χ1) is 13.3. The topological polar surface area (TPSA) is 68.2 Å². The molecule has 1 aliphatic heterocycles. The lowest BCUT2D eigenvalue weighted by molar-refractivity contribution is -0.132. The maximum Gasteiger partial charge on any atom is 0.308 e. The van der Waals surface area contributed by atoms with Crippen molar-refractivity contribution >= 4 is 40.8 Å². The van der Waals surface area contributed by atoms with Crippen LogP contribution in [0.4, 0.5) is 0 Å². The Morgan fingerprint density at radius 3 is 2.50 bits per heavy atom. The number of hydrogen-bond acceptors (Lipinski definition) is 5. The number of halogens is 2. The fraction of sp³-hybridized carbons (Fsp3) is 0.250. The molecule has 0 spiro atoms. The highest BCUT2D eigenvalue weighted by Gasteiger charge is 2.34. The Labute approximate surface area is 172 Å². The third-order valence-electron chi connectivity index (χ3n) is 4.31. The fourth-order valence-corrected chi connectivity index (χ4v) is 3.62. The van der Waals surface area contributed by atoms with Crippen LogP contribution in [0.1, 0.15) is 37.4 Å². The average Bonchev–Trinajstić information content (AvgIpc) is 3.06. The van der Waals surface area contributed by atoms with E-state index in [1.54, 1.807) is 36.4 Å². The number of hydrazone groups is 1. The largest absolute Gasteiger partial charge is 0.497 e. The monoisotopic (exact) mass is 420 g/mol. The Balaban J connectivity index is 2.03. The van der Waals surface area contributed by atoms with Gasteiger partial charge in [0.15, 0.2) is 0 Å². The second-order valence-electron chi connectivity index (χ2n) is 6.25. The molecule has 1 amide bonds. The summed E-state index contributed by atoms with van der Waals surface area (Å²) in [5, 5.41) is 6.82. The summed E-state index contributed by atoms with van der Waals surface area (Å²) in [5.41, 5.74) is 1.95. The lowest BCUT2D eigenvalue weighted by Crippen LogP contribution is -2.24. The van der Waals surface area contributed by atoms with Gasteiger partial charge in [-0.1, -0.05) is 29.3 Å². The minimum absolute atomic E-state index is 0.228. The number of carbonyl (C=O) groups is 2. The molecule has 1 aliphatic rings. The van der Waals surface area contributed by atoms with Gasteiger partial charge in [-0.15, -0.1) is 0 Å². The number of rotatable bonds is 4. The number of benzene rings is 2. The van der Waals surface area contributed by atoms with Crippen LogP contribution in [0.2, 0.25) is 10.0 Å². The van der Waals surface area contributed by atoms with E-state index in [0.29, 0.717) is 39.2 Å². The summed E-state index contributed by atoms with van der Waals surface area (Å²) in [6.07, 6.45) is 0.404. The second-order valence-corrected chi connectivity index (χ2v) is 7.10. The zero-order chi connectivity index (χ0) is 20.4. The van der Waals surface area contributed by atoms with E-state index in [4.69, 9.17) is 32.7 Å². The van der Waals surface area contributed by atoms with E-state index in [0.717, 1.165) is 5.56 Å². The predicted octanol–water partition coefficient (Wildman–Crippen LogP) is 4.62. The molecule has 2 aromatic carbocycles. The third-order valence-corrected chi connectivity index (χ3v) is 4.87. The number of hydrogen-bond donors (Lipinski definition) is 0. The van der Waals surface area contributed by atoms with Crippen molar-refractivity contribution in [2.45, 2.75) is 26.3 Å². The molecule has 0 saturated heterocycles. The van der Waals surface area contributed by atoms with E-state index in [-0.39, 0.29) is 11.9 Å². The van der Waals surface area contributed by atoms with Gasteiger partial charge in [0, 0.05) is 41.9 Å². The lowest BCUT2D eigenvalue weighted by atomic mass is 9.97. The van der Waals surface area contributed by atoms with E-state index < -0.39 is 5.97 Å². The molecule has 6 nitrogen and oxygen atoms in total. The predicted molar refractivity (Wildman–Crippen MR) is 107 cm³/mol. The maximum absolute atomic E-state index is 12.2. The van der Waals surface area contributed by atoms with Gasteiger partial charge in [0.25, 0.3) is 0 Å². The number of nitrogens with zero attached hydrogens (tertiary/aromatic N) is 2. The summed E-state index contributed by atoms with van der Waals surface area (Å²) in [7, 11) is 1.52. The molecule has 1 atom stereocenters. The molecule has 3 rings (SSSR count). The van der Waals surface area contributed by atoms with Crippen LogP contribution in [-0.2, 0) is 9.59 Å². The fourth-order valence-electron chi connectivity index (χ4n) is 3.08. The van der Waals surface area contributed by atoms with Gasteiger partial charge in [0.1, 0.15) is 11.5 Å². The Kier molecular flexibility index (Phi) is 5.91. The minimum Gasteiger partial charge on any atom is -0.497 e. The number of carbonyl (C=O) groups excluding carboxylic acids is 2. The molecule has 146 valence electrons. The molecule has 1 unspecified atom stereocenters. The van der Waals surface area contributed by atoms with Crippen molar-refractivity contribution in [2.24, 2.45) is 5.10 Å². The maximum atomic E-state index is 12.2. The highest BCUT2D eigenvalue weighted by Crippen LogP contribution is 2.39. The van der Waals surface area contributed by atoms with Crippen molar-refractivity contribution < 1.29 is 19.1 Å². The van der Waals surface area contributed by atoms with Crippen molar-refractivity contribution in [3.05, 3.63) is 57.6 Å². The van der Waals surface area contributed by atoms with Gasteiger partial charge in [-0.25, -0.2) is 5.01 Å². The van der Waals surface area contributed by atoms with E-state index in [2.05, 4.69) is 5.10 Å². The zero-order valence-electron chi connectivity index (χ0n) is 15.5. The van der Waals surface area contributed by atoms with Crippen molar-refractivity contribution in [3.8, 4) is 11.5 Å². The third kappa shape index (κ3) is 4.13. The summed E-state index contributed by atoms with van der Waals surface area (Å²) in [6, 6.07) is 9.85. The molecule has 1 heterocycles. The SMILES string of the molecule is COc1ccc(C2=NN(C(C)=O)C(c3ccc(Cl)cc3Cl)C2)c(OC(C)=O)c1. The number of ether oxygens (including phenoxy) is 2. The number of esters is 1. The molecule has 0 fully saturated rings. The quantitative estimate of drug-likeness (QED) is 0.534. The van der Waals surface area contributed by atoms with Crippen LogP contribution < -0.4 is 9.47 Å². The van der Waals surface area contributed by atoms with Crippen LogP contribution in [-0.4, -0.2) is 29.7 Å². The molecule has 0 N–H and O–H groups in total. The van der Waals surface area contributed by atoms with Gasteiger partial charge in [-0.05, 0) is 29.8 Å². The molecular formula is C20H18Cl2N2O4. The number of amides is 1. The van der Waals surface area contributed by atoms with Crippen LogP contribution in [0.25, 0.3) is 0 Å². The number of methoxy groups -OCH3 is 1. The molecule has 8 heteroatoms. The molecule has 28 heavy (non-hydrogen) atoms. The second kappa shape index (κ2) is 8.20. The smallest absolute Gasteiger partial charge is 0.308 e. The molecular weight excluding hydrogens is 403 g/mol. The summed E-state index contributed by atoms with van der Waals surface area (Å²) < 4.78 is 10.5. The zero-order valence-corrected chi connectivity index (χ0v) is 17.0. The van der Waals surface area contributed by atoms with Crippen LogP contribution in [0.5, 0.6) is 11.5 Å². The Bertz CT molecular complexity index is 975. The molecule has 0 aromatic heterocycles. The van der Waals surface area contributed by atoms with E-state index in [9.17, 15) is 9.59 Å². The van der Waals surface area contributed by atoms with Gasteiger partial charge >= 0.3 is 5.97 Å². The van der Waals surface area contributed by atoms with Gasteiger partial charge in [0.05, 0.1) is 18.9 Å². The van der Waals surface area contributed by atoms with Crippen LogP contribution >= 0.6 is 23.2 Å². The molecule has 0 bridgehead atoms. The van der Waals surface area contributed by atoms with Gasteiger partial charge in [-0.2, -0.15) is 5.10 Å². The van der Waals surface area contributed by atoms with Crippen molar-refractivity contribution in [2.75, 3.05) is 7.11 Å². The highest BCUT2D eigenvalue weighted by molar-refractivity contribution is 6.35. The van der Waals surface area contributed by atoms with Crippen LogP contribution in [0.15, 0.2) is 41.5 Å². The highest BCUT2D eigenvalue weighted by atomic mass is 35.5. The van der Waals surface area contributed by atoms with Crippen molar-refractivity contribution in [1.29, 1.82) is 0 Å². The van der Waals surface area contributed by atoms with Crippen LogP contribution in [0, 0.1) is 0 Å². The van der Waals surface area contributed by atoms with E-state index in [1.807, 2.05) is 0 Å². The molecule has 2 aromatic rings. The summed E-state index contributed by atoms with van der Waals surface area (Å²) in [6.45, 7) is 2.75. The Morgan fingerprint density at radius 1 is 1.14 bits per heavy atom. The standard InChI is InChI=1S/C20H18Cl2N2O4/c1-11(25)24-19(15-6-4-13(21)8-17(15)22)10-18(23-24)16-7-5-14(27-3)9-20(16)28-12(2)26/h4-9,19H,10H2,1-3H3. The Morgan fingerprint density at radius 2 is 1.89 bits per heavy atom. The molecule has 0 aliphatic carbocycles. The first-order valence-corrected chi connectivity index (χ1v) is 9.24. The summed E-state index contributed by atoms with van der Waals surface area (Å²) >= 11 is 12.3. The van der Waals surface area contributed by atoms with Crippen molar-refractivity contribution in [1.82, 2.24) is 5.01 Å². The van der Waals surface area contributed by atoms with Gasteiger partial charge in [-0.3, -0.25) is 9.59 Å². The van der Waals surface area contributed by atoms with Crippen LogP contribution in [0.3, 0.4) is 0 Å². The summed E-state index contributed by atoms with van der Waals surface area (Å²) in [5.74, 6) is 0.165. The normalized spacial score (nSPS) is 16.0. The van der Waals surface area contributed by atoms with E-state index in [1.165, 1.54) is 26.0 Å². The lowest BCUT2D eigenvalue weighted by Gasteiger charge is -2.21. The first kappa shape index (κ1) is 20.2. The van der Waals surface area contributed by atoms with Gasteiger partial charge < -0.3 is 9.47 Å². The average molecular weight is 421 g/mol. The van der Waals surface area contributed by atoms with Gasteiger partial charge in [0.2, 0.25) is 5.91 Å². The molecule has 0 radical (unpaired) electrons. The Hall–Kier alpha value is -2.57. The first-order valence-electron chi connectivity index (χ1n) is 8.49. The summed E-state index contributed by atoms with van der Waals surface area (Å²) in [4.78, 5) is 23.7.